The first-order valence-corrected chi connectivity index (χ1v) is 13.5. The van der Waals surface area contributed by atoms with Gasteiger partial charge in [-0.25, -0.2) is 0 Å². The molecule has 0 aliphatic carbocycles. The number of piperidine rings is 1. The largest absolute Gasteiger partial charge is 0.493 e. The molecule has 12 heteroatoms. The highest BCUT2D eigenvalue weighted by Crippen LogP contribution is 2.69. The van der Waals surface area contributed by atoms with Crippen molar-refractivity contribution in [1.29, 1.82) is 0 Å². The van der Waals surface area contributed by atoms with Gasteiger partial charge < -0.3 is 24.8 Å². The molecule has 3 rings (SSSR count). The molecule has 0 amide bonds. The third-order valence-electron chi connectivity index (χ3n) is 10.0. The molecule has 2 aliphatic rings. The van der Waals surface area contributed by atoms with Crippen LogP contribution < -0.4 is 15.2 Å². The maximum atomic E-state index is 13.5. The molecule has 192 valence electrons. The highest BCUT2D eigenvalue weighted by atomic mass is 16.6. The van der Waals surface area contributed by atoms with Crippen LogP contribution in [0.3, 0.4) is 0 Å². The number of fused-ring (bicyclic) bond motifs is 3. The normalized spacial score (nSPS) is 29.8. The van der Waals surface area contributed by atoms with E-state index in [4.69, 9.17) is 19.9 Å². The monoisotopic (exact) mass is 490 g/mol. The van der Waals surface area contributed by atoms with Crippen molar-refractivity contribution in [3.05, 3.63) is 23.3 Å². The Kier molecular flexibility index (Phi) is 7.88. The SMILES string of the molecule is BC1(B)C2c3cc(OC)c(OC)cc3CCN2C(B)(B)C(B)(CC(C)C)C1(B)OC(=O)[C@@H](N)C(C)C. The highest BCUT2D eigenvalue weighted by molar-refractivity contribution is 6.52. The van der Waals surface area contributed by atoms with Crippen LogP contribution in [-0.2, 0) is 16.0 Å². The van der Waals surface area contributed by atoms with E-state index in [9.17, 15) is 4.79 Å². The fourth-order valence-corrected chi connectivity index (χ4v) is 7.25. The van der Waals surface area contributed by atoms with Gasteiger partial charge in [0.1, 0.15) is 45.3 Å². The number of hydrogen-bond donors (Lipinski definition) is 1. The molecule has 0 aromatic heterocycles. The molecule has 0 spiro atoms. The van der Waals surface area contributed by atoms with Crippen molar-refractivity contribution >= 4 is 53.0 Å². The summed E-state index contributed by atoms with van der Waals surface area (Å²) in [4.78, 5) is 16.2. The number of rotatable bonds is 7. The van der Waals surface area contributed by atoms with Crippen LogP contribution in [0.1, 0.15) is 51.3 Å². The Hall–Kier alpha value is -1.40. The van der Waals surface area contributed by atoms with Crippen LogP contribution in [-0.4, -0.2) is 95.6 Å². The minimum Gasteiger partial charge on any atom is -0.493 e. The number of esters is 1. The number of carbonyl (C=O) groups is 1. The number of hydrogen-bond acceptors (Lipinski definition) is 6. The Bertz CT molecular complexity index is 1010. The van der Waals surface area contributed by atoms with Crippen molar-refractivity contribution in [3.63, 3.8) is 0 Å². The quantitative estimate of drug-likeness (QED) is 0.341. The highest BCUT2D eigenvalue weighted by Gasteiger charge is 2.70. The van der Waals surface area contributed by atoms with Gasteiger partial charge in [0.05, 0.1) is 19.7 Å². The van der Waals surface area contributed by atoms with Gasteiger partial charge in [0.25, 0.3) is 0 Å². The second kappa shape index (κ2) is 9.72. The van der Waals surface area contributed by atoms with E-state index in [2.05, 4.69) is 78.0 Å². The summed E-state index contributed by atoms with van der Waals surface area (Å²) in [5, 5.41) is -1.04. The summed E-state index contributed by atoms with van der Waals surface area (Å²) >= 11 is 0. The molecule has 4 atom stereocenters. The van der Waals surface area contributed by atoms with E-state index in [-0.39, 0.29) is 28.6 Å². The van der Waals surface area contributed by atoms with Crippen molar-refractivity contribution in [2.45, 2.75) is 74.0 Å². The number of methoxy groups -OCH3 is 2. The molecule has 6 nitrogen and oxygen atoms in total. The second-order valence-electron chi connectivity index (χ2n) is 13.2. The lowest BCUT2D eigenvalue weighted by atomic mass is 9.19. The molecule has 0 radical (unpaired) electrons. The number of ether oxygens (including phenoxy) is 3. The van der Waals surface area contributed by atoms with Gasteiger partial charge in [-0.2, -0.15) is 0 Å². The van der Waals surface area contributed by atoms with Gasteiger partial charge >= 0.3 is 5.97 Å². The molecule has 2 N–H and O–H groups in total. The predicted molar refractivity (Wildman–Crippen MR) is 163 cm³/mol. The molecular formula is C24H44B6N2O4. The van der Waals surface area contributed by atoms with Gasteiger partial charge in [-0.15, -0.1) is 0 Å². The molecule has 1 fully saturated rings. The van der Waals surface area contributed by atoms with Gasteiger partial charge in [0.15, 0.2) is 19.3 Å². The second-order valence-corrected chi connectivity index (χ2v) is 13.2. The first kappa shape index (κ1) is 29.2. The molecule has 0 saturated carbocycles. The summed E-state index contributed by atoms with van der Waals surface area (Å²) in [6.45, 7) is 9.37. The van der Waals surface area contributed by atoms with E-state index in [0.29, 0.717) is 5.92 Å². The third-order valence-corrected chi connectivity index (χ3v) is 10.0. The Morgan fingerprint density at radius 2 is 1.61 bits per heavy atom. The average molecular weight is 489 g/mol. The molecule has 2 heterocycles. The molecule has 1 saturated heterocycles. The summed E-state index contributed by atoms with van der Waals surface area (Å²) in [5.41, 5.74) is 8.04. The summed E-state index contributed by atoms with van der Waals surface area (Å²) in [6, 6.07) is 3.61. The lowest BCUT2D eigenvalue weighted by Gasteiger charge is -2.74. The summed E-state index contributed by atoms with van der Waals surface area (Å²) in [5.74, 6) is 1.59. The van der Waals surface area contributed by atoms with Crippen LogP contribution in [0.15, 0.2) is 12.1 Å². The lowest BCUT2D eigenvalue weighted by molar-refractivity contribution is -0.171. The van der Waals surface area contributed by atoms with E-state index < -0.39 is 16.8 Å². The molecule has 3 unspecified atom stereocenters. The van der Waals surface area contributed by atoms with Gasteiger partial charge in [-0.1, -0.05) is 27.7 Å². The van der Waals surface area contributed by atoms with Crippen molar-refractivity contribution in [2.75, 3.05) is 20.8 Å². The zero-order chi connectivity index (χ0) is 27.4. The Morgan fingerprint density at radius 1 is 1.06 bits per heavy atom. The van der Waals surface area contributed by atoms with Gasteiger partial charge in [-0.05, 0) is 63.8 Å². The van der Waals surface area contributed by atoms with Crippen molar-refractivity contribution < 1.29 is 19.0 Å². The summed E-state index contributed by atoms with van der Waals surface area (Å²) < 4.78 is 18.0. The number of carbonyl (C=O) groups excluding carboxylic acids is 1. The molecule has 2 aliphatic heterocycles. The van der Waals surface area contributed by atoms with Crippen LogP contribution in [0.5, 0.6) is 11.5 Å². The van der Waals surface area contributed by atoms with E-state index >= 15 is 0 Å². The lowest BCUT2D eigenvalue weighted by Crippen LogP contribution is -2.78. The molecular weight excluding hydrogens is 445 g/mol. The van der Waals surface area contributed by atoms with Crippen LogP contribution in [0.25, 0.3) is 0 Å². The minimum atomic E-state index is -0.791. The number of nitrogens with zero attached hydrogens (tertiary/aromatic N) is 1. The standard InChI is InChI=1S/C24H44B6N2O4/c1-12(2)11-21(25)23(28,36-20(33)18(31)13(3)4)22(26,27)19-15-10-17(35-6)16(34-5)9-14(15)7-8-32(19)24(21,29)30/h9-10,12-13,18-19H,7-8,11,25-31H2,1-6H3/t18-,19?,21?,23?/m0/s1. The van der Waals surface area contributed by atoms with Gasteiger partial charge in [0, 0.05) is 12.6 Å². The maximum absolute atomic E-state index is 13.5. The fourth-order valence-electron chi connectivity index (χ4n) is 7.25. The van der Waals surface area contributed by atoms with Crippen molar-refractivity contribution in [3.8, 4) is 11.5 Å². The van der Waals surface area contributed by atoms with E-state index in [1.54, 1.807) is 14.2 Å². The third kappa shape index (κ3) is 4.15. The number of nitrogens with two attached hydrogens (primary N) is 1. The molecule has 0 bridgehead atoms. The van der Waals surface area contributed by atoms with E-state index in [1.165, 1.54) is 11.1 Å². The predicted octanol–water partition coefficient (Wildman–Crippen LogP) is -2.39. The van der Waals surface area contributed by atoms with Gasteiger partial charge in [0.2, 0.25) is 0 Å². The van der Waals surface area contributed by atoms with Crippen molar-refractivity contribution in [2.24, 2.45) is 17.6 Å². The smallest absolute Gasteiger partial charge is 0.322 e. The molecule has 36 heavy (non-hydrogen) atoms. The first-order chi connectivity index (χ1) is 16.5. The zero-order valence-corrected chi connectivity index (χ0v) is 24.7. The maximum Gasteiger partial charge on any atom is 0.322 e. The van der Waals surface area contributed by atoms with Crippen LogP contribution in [0, 0.1) is 11.8 Å². The average Bonchev–Trinajstić information content (AvgIpc) is 2.79. The Morgan fingerprint density at radius 3 is 2.11 bits per heavy atom. The Labute approximate surface area is 224 Å². The van der Waals surface area contributed by atoms with Crippen LogP contribution >= 0.6 is 0 Å². The van der Waals surface area contributed by atoms with E-state index in [0.717, 1.165) is 30.9 Å². The molecule has 1 aromatic rings. The van der Waals surface area contributed by atoms with Crippen LogP contribution in [0.2, 0.25) is 10.5 Å². The van der Waals surface area contributed by atoms with Gasteiger partial charge in [-0.3, -0.25) is 4.79 Å². The minimum absolute atomic E-state index is 0.000740. The summed E-state index contributed by atoms with van der Waals surface area (Å²) in [6.07, 6.45) is 1.85. The zero-order valence-electron chi connectivity index (χ0n) is 24.7. The fraction of sp³-hybridized carbons (Fsp3) is 0.708. The van der Waals surface area contributed by atoms with Crippen molar-refractivity contribution in [1.82, 2.24) is 4.90 Å². The Balaban J connectivity index is 2.29. The first-order valence-electron chi connectivity index (χ1n) is 13.5. The van der Waals surface area contributed by atoms with E-state index in [1.807, 2.05) is 13.8 Å². The number of benzene rings is 1. The van der Waals surface area contributed by atoms with Crippen LogP contribution in [0.4, 0.5) is 0 Å². The topological polar surface area (TPSA) is 74.0 Å². The summed E-state index contributed by atoms with van der Waals surface area (Å²) in [7, 11) is 17.0. The molecule has 1 aromatic carbocycles.